The van der Waals surface area contributed by atoms with Gasteiger partial charge in [0.15, 0.2) is 0 Å². The summed E-state index contributed by atoms with van der Waals surface area (Å²) in [4.78, 5) is 0. The number of hydrogen-bond acceptors (Lipinski definition) is 2. The molecule has 18 valence electrons. The summed E-state index contributed by atoms with van der Waals surface area (Å²) in [7, 11) is 0. The number of aliphatic hydroxyl groups excluding tert-OH is 1. The summed E-state index contributed by atoms with van der Waals surface area (Å²) in [5.74, 6) is 0. The average Bonchev–Trinajstić information content (AvgIpc) is 0.918. The largest absolute Gasteiger partial charge is 1.00 e. The van der Waals surface area contributed by atoms with Gasteiger partial charge in [0.1, 0.15) is 0 Å². The first kappa shape index (κ1) is 8.85. The third kappa shape index (κ3) is 45.3. The Labute approximate surface area is 47.8 Å². The predicted molar refractivity (Wildman–Crippen MR) is 8.66 cm³/mol. The molecule has 0 unspecified atom stereocenters. The summed E-state index contributed by atoms with van der Waals surface area (Å²) < 4.78 is 0. The van der Waals surface area contributed by atoms with Crippen LogP contribution in [0, 0.1) is 11.5 Å². The van der Waals surface area contributed by atoms with E-state index in [1.54, 1.807) is 0 Å². The molecule has 0 rings (SSSR count). The molecule has 0 aliphatic carbocycles. The second-order valence-corrected chi connectivity index (χ2v) is 0.100. The van der Waals surface area contributed by atoms with Crippen LogP contribution in [0.1, 0.15) is 1.43 Å². The molecule has 0 aromatic heterocycles. The van der Waals surface area contributed by atoms with Crippen molar-refractivity contribution in [1.29, 1.82) is 5.26 Å². The molecule has 0 saturated heterocycles. The van der Waals surface area contributed by atoms with Crippen LogP contribution >= 0.6 is 0 Å². The zero-order valence-electron chi connectivity index (χ0n) is 3.39. The van der Waals surface area contributed by atoms with Crippen LogP contribution in [-0.2, 0) is 0 Å². The van der Waals surface area contributed by atoms with E-state index < -0.39 is 0 Å². The minimum Gasteiger partial charge on any atom is -1.00 e. The van der Waals surface area contributed by atoms with Crippen molar-refractivity contribution >= 4 is 0 Å². The van der Waals surface area contributed by atoms with E-state index in [9.17, 15) is 0 Å². The minimum atomic E-state index is 0. The number of aliphatic hydroxyl groups is 1. The fraction of sp³-hybridized carbons (Fsp3) is 0. The maximum Gasteiger partial charge on any atom is 1.00 e. The summed E-state index contributed by atoms with van der Waals surface area (Å²) in [6.07, 6.45) is 0.750. The molecule has 0 atom stereocenters. The third-order valence-electron chi connectivity index (χ3n) is 0. The number of nitriles is 1. The molecular weight excluding hydrogens is 65.0 g/mol. The zero-order chi connectivity index (χ0) is 2.71. The monoisotopic (exact) mass is 67.0 g/mol. The van der Waals surface area contributed by atoms with Gasteiger partial charge in [-0.2, -0.15) is 5.26 Å². The molecule has 0 saturated carbocycles. The summed E-state index contributed by atoms with van der Waals surface area (Å²) in [6, 6.07) is 0. The van der Waals surface area contributed by atoms with Gasteiger partial charge in [-0.25, -0.2) is 0 Å². The van der Waals surface area contributed by atoms with E-state index in [-0.39, 0.29) is 31.0 Å². The molecule has 3 heteroatoms. The van der Waals surface area contributed by atoms with Crippen molar-refractivity contribution in [2.24, 2.45) is 0 Å². The molecule has 0 aromatic rings. The van der Waals surface area contributed by atoms with Crippen LogP contribution in [0.2, 0.25) is 0 Å². The van der Waals surface area contributed by atoms with Gasteiger partial charge < -0.3 is 6.53 Å². The number of hydrogen-bond donors (Lipinski definition) is 1. The van der Waals surface area contributed by atoms with Gasteiger partial charge in [-0.05, 0) is 0 Å². The second-order valence-electron chi connectivity index (χ2n) is 0.100. The Kier molecular flexibility index (Phi) is 23.0. The first-order valence-electron chi connectivity index (χ1n) is 0.447. The predicted octanol–water partition coefficient (Wildman–Crippen LogP) is -3.04. The SMILES string of the molecule is N#CO.[H-].[Na+]. The van der Waals surface area contributed by atoms with Crippen LogP contribution in [0.5, 0.6) is 0 Å². The first-order valence-corrected chi connectivity index (χ1v) is 0.447. The van der Waals surface area contributed by atoms with Crippen molar-refractivity contribution in [1.82, 2.24) is 0 Å². The summed E-state index contributed by atoms with van der Waals surface area (Å²) >= 11 is 0. The molecule has 0 heterocycles. The molecule has 0 aliphatic rings. The van der Waals surface area contributed by atoms with Gasteiger partial charge >= 0.3 is 29.6 Å². The number of nitrogens with zero attached hydrogens (tertiary/aromatic N) is 1. The Hall–Kier alpha value is 0.290. The van der Waals surface area contributed by atoms with Crippen molar-refractivity contribution in [2.75, 3.05) is 0 Å². The molecule has 0 bridgehead atoms. The Bertz CT molecular complexity index is 33.1. The van der Waals surface area contributed by atoms with Crippen LogP contribution in [0.25, 0.3) is 0 Å². The van der Waals surface area contributed by atoms with Crippen LogP contribution in [-0.4, -0.2) is 5.11 Å². The van der Waals surface area contributed by atoms with Gasteiger partial charge in [-0.3, -0.25) is 0 Å². The topological polar surface area (TPSA) is 44.0 Å². The molecule has 0 radical (unpaired) electrons. The van der Waals surface area contributed by atoms with Crippen molar-refractivity contribution in [3.05, 3.63) is 0 Å². The fourth-order valence-electron chi connectivity index (χ4n) is 0. The second kappa shape index (κ2) is 10.4. The molecule has 2 nitrogen and oxygen atoms in total. The van der Waals surface area contributed by atoms with Crippen LogP contribution < -0.4 is 29.6 Å². The molecule has 1 N–H and O–H groups in total. The first-order chi connectivity index (χ1) is 1.41. The maximum atomic E-state index is 6.88. The van der Waals surface area contributed by atoms with Gasteiger partial charge in [0.2, 0.25) is 0 Å². The van der Waals surface area contributed by atoms with E-state index in [1.807, 2.05) is 0 Å². The Morgan fingerprint density at radius 1 is 2.00 bits per heavy atom. The van der Waals surface area contributed by atoms with Crippen molar-refractivity contribution < 1.29 is 36.1 Å². The number of rotatable bonds is 0. The molecule has 0 spiro atoms. The summed E-state index contributed by atoms with van der Waals surface area (Å²) in [5, 5.41) is 13.8. The van der Waals surface area contributed by atoms with E-state index in [0.29, 0.717) is 0 Å². The molecule has 0 amide bonds. The Morgan fingerprint density at radius 3 is 2.00 bits per heavy atom. The Balaban J connectivity index is -0.0000000200. The normalized spacial score (nSPS) is 1.75. The van der Waals surface area contributed by atoms with E-state index in [4.69, 9.17) is 10.4 Å². The van der Waals surface area contributed by atoms with Crippen molar-refractivity contribution in [2.45, 2.75) is 0 Å². The smallest absolute Gasteiger partial charge is 1.00 e. The maximum absolute atomic E-state index is 6.88. The van der Waals surface area contributed by atoms with Gasteiger partial charge in [0, 0.05) is 0 Å². The van der Waals surface area contributed by atoms with Gasteiger partial charge in [-0.1, -0.05) is 0 Å². The quantitative estimate of drug-likeness (QED) is 0.242. The van der Waals surface area contributed by atoms with Gasteiger partial charge in [0.25, 0.3) is 6.26 Å². The van der Waals surface area contributed by atoms with Crippen LogP contribution in [0.3, 0.4) is 0 Å². The van der Waals surface area contributed by atoms with Gasteiger partial charge in [0.05, 0.1) is 0 Å². The van der Waals surface area contributed by atoms with Crippen molar-refractivity contribution in [3.63, 3.8) is 0 Å². The molecule has 0 aliphatic heterocycles. The van der Waals surface area contributed by atoms with Crippen molar-refractivity contribution in [3.8, 4) is 6.26 Å². The standard InChI is InChI=1S/CHNO.Na.H/c2-1-3;;/h3H;;/q;+1;-1. The summed E-state index contributed by atoms with van der Waals surface area (Å²) in [5.41, 5.74) is 0. The molecular formula is CH2NNaO. The Morgan fingerprint density at radius 2 is 2.00 bits per heavy atom. The zero-order valence-corrected chi connectivity index (χ0v) is 4.39. The van der Waals surface area contributed by atoms with Crippen LogP contribution in [0.4, 0.5) is 0 Å². The molecule has 0 fully saturated rings. The van der Waals surface area contributed by atoms with E-state index in [2.05, 4.69) is 0 Å². The third-order valence-corrected chi connectivity index (χ3v) is 0. The van der Waals surface area contributed by atoms with E-state index in [0.717, 1.165) is 6.26 Å². The van der Waals surface area contributed by atoms with Gasteiger partial charge in [-0.15, -0.1) is 0 Å². The van der Waals surface area contributed by atoms with Crippen LogP contribution in [0.15, 0.2) is 0 Å². The molecule has 4 heavy (non-hydrogen) atoms. The molecule has 0 aromatic carbocycles. The fourth-order valence-corrected chi connectivity index (χ4v) is 0. The van der Waals surface area contributed by atoms with E-state index >= 15 is 0 Å². The summed E-state index contributed by atoms with van der Waals surface area (Å²) in [6.45, 7) is 0. The average molecular weight is 67.0 g/mol. The minimum absolute atomic E-state index is 0. The van der Waals surface area contributed by atoms with E-state index in [1.165, 1.54) is 0 Å².